The summed E-state index contributed by atoms with van der Waals surface area (Å²) < 4.78 is 0. The standard InChI is InChI=1S/C15H16Cl2N2/c1-10-5-6-18-8-13(10)9-19-11(2)12-3-4-14(16)15(17)7-12/h3-8,11,19H,9H2,1-2H3. The van der Waals surface area contributed by atoms with E-state index in [-0.39, 0.29) is 6.04 Å². The Morgan fingerprint density at radius 2 is 2.00 bits per heavy atom. The van der Waals surface area contributed by atoms with Crippen LogP contribution in [0.1, 0.15) is 29.7 Å². The number of halogens is 2. The van der Waals surface area contributed by atoms with Gasteiger partial charge >= 0.3 is 0 Å². The summed E-state index contributed by atoms with van der Waals surface area (Å²) in [5, 5.41) is 4.63. The molecular formula is C15H16Cl2N2. The van der Waals surface area contributed by atoms with Crippen LogP contribution in [0, 0.1) is 6.92 Å². The molecule has 1 aromatic heterocycles. The van der Waals surface area contributed by atoms with Crippen LogP contribution < -0.4 is 5.32 Å². The molecule has 0 saturated heterocycles. The molecule has 1 heterocycles. The van der Waals surface area contributed by atoms with Gasteiger partial charge in [0.2, 0.25) is 0 Å². The molecule has 0 radical (unpaired) electrons. The van der Waals surface area contributed by atoms with E-state index in [1.165, 1.54) is 11.1 Å². The van der Waals surface area contributed by atoms with Crippen molar-refractivity contribution >= 4 is 23.2 Å². The van der Waals surface area contributed by atoms with Crippen LogP contribution in [-0.2, 0) is 6.54 Å². The van der Waals surface area contributed by atoms with Crippen LogP contribution in [0.3, 0.4) is 0 Å². The smallest absolute Gasteiger partial charge is 0.0595 e. The quantitative estimate of drug-likeness (QED) is 0.895. The summed E-state index contributed by atoms with van der Waals surface area (Å²) in [5.74, 6) is 0. The number of benzene rings is 1. The van der Waals surface area contributed by atoms with E-state index in [0.29, 0.717) is 10.0 Å². The first-order valence-electron chi connectivity index (χ1n) is 6.15. The minimum Gasteiger partial charge on any atom is -0.306 e. The Bertz CT molecular complexity index is 570. The van der Waals surface area contributed by atoms with Gasteiger partial charge in [-0.15, -0.1) is 0 Å². The molecule has 0 bridgehead atoms. The molecule has 0 spiro atoms. The lowest BCUT2D eigenvalue weighted by Crippen LogP contribution is -2.18. The molecule has 2 aromatic rings. The van der Waals surface area contributed by atoms with Gasteiger partial charge in [-0.1, -0.05) is 29.3 Å². The normalized spacial score (nSPS) is 12.4. The highest BCUT2D eigenvalue weighted by Crippen LogP contribution is 2.25. The Balaban J connectivity index is 2.03. The fraction of sp³-hybridized carbons (Fsp3) is 0.267. The van der Waals surface area contributed by atoms with Crippen molar-refractivity contribution in [3.05, 3.63) is 63.4 Å². The molecule has 0 aliphatic rings. The molecule has 0 aliphatic carbocycles. The van der Waals surface area contributed by atoms with Gasteiger partial charge < -0.3 is 5.32 Å². The number of rotatable bonds is 4. The van der Waals surface area contributed by atoms with Gasteiger partial charge in [0.1, 0.15) is 0 Å². The van der Waals surface area contributed by atoms with Crippen LogP contribution in [0.15, 0.2) is 36.7 Å². The third-order valence-electron chi connectivity index (χ3n) is 3.19. The Kier molecular flexibility index (Phi) is 4.81. The second kappa shape index (κ2) is 6.38. The molecule has 0 saturated carbocycles. The Morgan fingerprint density at radius 3 is 2.68 bits per heavy atom. The fourth-order valence-corrected chi connectivity index (χ4v) is 2.15. The van der Waals surface area contributed by atoms with Gasteiger partial charge in [-0.3, -0.25) is 4.98 Å². The predicted octanol–water partition coefficient (Wildman–Crippen LogP) is 4.55. The van der Waals surface area contributed by atoms with Crippen molar-refractivity contribution in [2.45, 2.75) is 26.4 Å². The molecule has 1 N–H and O–H groups in total. The average Bonchev–Trinajstić information content (AvgIpc) is 2.40. The molecular weight excluding hydrogens is 279 g/mol. The van der Waals surface area contributed by atoms with Crippen molar-refractivity contribution in [2.75, 3.05) is 0 Å². The Hall–Kier alpha value is -1.09. The van der Waals surface area contributed by atoms with E-state index in [1.807, 2.05) is 30.5 Å². The van der Waals surface area contributed by atoms with Crippen molar-refractivity contribution in [1.29, 1.82) is 0 Å². The van der Waals surface area contributed by atoms with Crippen LogP contribution >= 0.6 is 23.2 Å². The SMILES string of the molecule is Cc1ccncc1CNC(C)c1ccc(Cl)c(Cl)c1. The Morgan fingerprint density at radius 1 is 1.21 bits per heavy atom. The lowest BCUT2D eigenvalue weighted by molar-refractivity contribution is 0.572. The van der Waals surface area contributed by atoms with E-state index in [4.69, 9.17) is 23.2 Å². The van der Waals surface area contributed by atoms with Gasteiger partial charge in [0, 0.05) is 25.0 Å². The van der Waals surface area contributed by atoms with Crippen LogP contribution in [0.2, 0.25) is 10.0 Å². The first-order valence-corrected chi connectivity index (χ1v) is 6.91. The van der Waals surface area contributed by atoms with E-state index in [0.717, 1.165) is 12.1 Å². The van der Waals surface area contributed by atoms with Gasteiger partial charge in [-0.2, -0.15) is 0 Å². The number of hydrogen-bond donors (Lipinski definition) is 1. The highest BCUT2D eigenvalue weighted by Gasteiger charge is 2.08. The summed E-state index contributed by atoms with van der Waals surface area (Å²) in [4.78, 5) is 4.14. The summed E-state index contributed by atoms with van der Waals surface area (Å²) in [6.45, 7) is 4.97. The average molecular weight is 295 g/mol. The molecule has 0 aliphatic heterocycles. The molecule has 1 atom stereocenters. The number of aromatic nitrogens is 1. The van der Waals surface area contributed by atoms with Crippen molar-refractivity contribution in [3.8, 4) is 0 Å². The lowest BCUT2D eigenvalue weighted by atomic mass is 10.1. The van der Waals surface area contributed by atoms with Crippen LogP contribution in [0.5, 0.6) is 0 Å². The second-order valence-corrected chi connectivity index (χ2v) is 5.39. The molecule has 2 rings (SSSR count). The summed E-state index contributed by atoms with van der Waals surface area (Å²) in [5.41, 5.74) is 3.56. The summed E-state index contributed by atoms with van der Waals surface area (Å²) in [6.07, 6.45) is 3.70. The van der Waals surface area contributed by atoms with E-state index < -0.39 is 0 Å². The molecule has 1 aromatic carbocycles. The topological polar surface area (TPSA) is 24.9 Å². The first-order chi connectivity index (χ1) is 9.08. The zero-order valence-electron chi connectivity index (χ0n) is 11.0. The minimum atomic E-state index is 0.203. The van der Waals surface area contributed by atoms with Gasteiger partial charge in [-0.05, 0) is 48.7 Å². The molecule has 19 heavy (non-hydrogen) atoms. The summed E-state index contributed by atoms with van der Waals surface area (Å²) in [6, 6.07) is 7.93. The van der Waals surface area contributed by atoms with Crippen molar-refractivity contribution < 1.29 is 0 Å². The minimum absolute atomic E-state index is 0.203. The molecule has 1 unspecified atom stereocenters. The van der Waals surface area contributed by atoms with E-state index >= 15 is 0 Å². The zero-order valence-corrected chi connectivity index (χ0v) is 12.5. The zero-order chi connectivity index (χ0) is 13.8. The van der Waals surface area contributed by atoms with Crippen LogP contribution in [-0.4, -0.2) is 4.98 Å². The Labute approximate surface area is 123 Å². The van der Waals surface area contributed by atoms with E-state index in [9.17, 15) is 0 Å². The molecule has 2 nitrogen and oxygen atoms in total. The number of nitrogens with zero attached hydrogens (tertiary/aromatic N) is 1. The third-order valence-corrected chi connectivity index (χ3v) is 3.93. The van der Waals surface area contributed by atoms with Gasteiger partial charge in [-0.25, -0.2) is 0 Å². The van der Waals surface area contributed by atoms with Crippen molar-refractivity contribution in [2.24, 2.45) is 0 Å². The highest BCUT2D eigenvalue weighted by molar-refractivity contribution is 6.42. The molecule has 100 valence electrons. The van der Waals surface area contributed by atoms with Crippen molar-refractivity contribution in [3.63, 3.8) is 0 Å². The second-order valence-electron chi connectivity index (χ2n) is 4.58. The first kappa shape index (κ1) is 14.3. The van der Waals surface area contributed by atoms with E-state index in [1.54, 1.807) is 6.20 Å². The maximum atomic E-state index is 6.03. The number of hydrogen-bond acceptors (Lipinski definition) is 2. The maximum absolute atomic E-state index is 6.03. The number of aryl methyl sites for hydroxylation is 1. The van der Waals surface area contributed by atoms with Gasteiger partial charge in [0.25, 0.3) is 0 Å². The monoisotopic (exact) mass is 294 g/mol. The van der Waals surface area contributed by atoms with Crippen LogP contribution in [0.25, 0.3) is 0 Å². The summed E-state index contributed by atoms with van der Waals surface area (Å²) >= 11 is 11.9. The number of nitrogens with one attached hydrogen (secondary N) is 1. The molecule has 0 fully saturated rings. The maximum Gasteiger partial charge on any atom is 0.0595 e. The fourth-order valence-electron chi connectivity index (χ4n) is 1.84. The van der Waals surface area contributed by atoms with Gasteiger partial charge in [0.05, 0.1) is 10.0 Å². The number of pyridine rings is 1. The largest absolute Gasteiger partial charge is 0.306 e. The van der Waals surface area contributed by atoms with E-state index in [2.05, 4.69) is 24.1 Å². The molecule has 0 amide bonds. The lowest BCUT2D eigenvalue weighted by Gasteiger charge is -2.15. The van der Waals surface area contributed by atoms with Gasteiger partial charge in [0.15, 0.2) is 0 Å². The summed E-state index contributed by atoms with van der Waals surface area (Å²) in [7, 11) is 0. The third kappa shape index (κ3) is 3.69. The predicted molar refractivity (Wildman–Crippen MR) is 80.7 cm³/mol. The molecule has 4 heteroatoms. The highest BCUT2D eigenvalue weighted by atomic mass is 35.5. The van der Waals surface area contributed by atoms with Crippen LogP contribution in [0.4, 0.5) is 0 Å². The van der Waals surface area contributed by atoms with Crippen molar-refractivity contribution in [1.82, 2.24) is 10.3 Å².